The van der Waals surface area contributed by atoms with Crippen molar-refractivity contribution in [3.63, 3.8) is 0 Å². The van der Waals surface area contributed by atoms with E-state index in [0.29, 0.717) is 0 Å². The highest BCUT2D eigenvalue weighted by Gasteiger charge is 2.30. The number of halogens is 1. The lowest BCUT2D eigenvalue weighted by Gasteiger charge is -2.26. The first kappa shape index (κ1) is 23.2. The summed E-state index contributed by atoms with van der Waals surface area (Å²) in [6.07, 6.45) is 0. The Morgan fingerprint density at radius 2 is 1.81 bits per heavy atom. The number of nitro benzene ring substituents is 1. The molecule has 11 nitrogen and oxygen atoms in total. The van der Waals surface area contributed by atoms with Crippen molar-refractivity contribution in [3.8, 4) is 0 Å². The Morgan fingerprint density at radius 1 is 1.16 bits per heavy atom. The largest absolute Gasteiger partial charge is 0.452 e. The molecule has 0 aromatic heterocycles. The molecule has 0 saturated carbocycles. The zero-order chi connectivity index (χ0) is 23.3. The van der Waals surface area contributed by atoms with Gasteiger partial charge in [-0.2, -0.15) is 4.31 Å². The van der Waals surface area contributed by atoms with Crippen LogP contribution < -0.4 is 5.32 Å². The summed E-state index contributed by atoms with van der Waals surface area (Å²) in [5.41, 5.74) is -0.160. The van der Waals surface area contributed by atoms with Crippen molar-refractivity contribution in [2.24, 2.45) is 0 Å². The highest BCUT2D eigenvalue weighted by molar-refractivity contribution is 7.89. The Hall–Kier alpha value is -3.42. The van der Waals surface area contributed by atoms with E-state index >= 15 is 0 Å². The molecule has 13 heteroatoms. The Balaban J connectivity index is 1.64. The summed E-state index contributed by atoms with van der Waals surface area (Å²) in [5, 5.41) is 13.0. The lowest BCUT2D eigenvalue weighted by Crippen LogP contribution is -2.41. The zero-order valence-electron chi connectivity index (χ0n) is 16.5. The average Bonchev–Trinajstić information content (AvgIpc) is 2.78. The second-order valence-electron chi connectivity index (χ2n) is 6.59. The van der Waals surface area contributed by atoms with Gasteiger partial charge in [0.25, 0.3) is 11.6 Å². The van der Waals surface area contributed by atoms with Crippen LogP contribution in [-0.4, -0.2) is 62.4 Å². The lowest BCUT2D eigenvalue weighted by molar-refractivity contribution is -0.384. The summed E-state index contributed by atoms with van der Waals surface area (Å²) in [6.45, 7) is -0.254. The number of ether oxygens (including phenoxy) is 2. The molecule has 2 aromatic carbocycles. The first-order chi connectivity index (χ1) is 15.2. The predicted octanol–water partition coefficient (Wildman–Crippen LogP) is 1.55. The SMILES string of the molecule is O=C(COC(=O)c1ccc(F)c(S(=O)(=O)N2CCOCC2)c1)Nc1ccc([N+](=O)[O-])cc1. The summed E-state index contributed by atoms with van der Waals surface area (Å²) >= 11 is 0. The molecule has 0 bridgehead atoms. The predicted molar refractivity (Wildman–Crippen MR) is 108 cm³/mol. The molecular weight excluding hydrogens is 449 g/mol. The van der Waals surface area contributed by atoms with Gasteiger partial charge in [0.15, 0.2) is 6.61 Å². The van der Waals surface area contributed by atoms with Crippen molar-refractivity contribution < 1.29 is 36.8 Å². The van der Waals surface area contributed by atoms with E-state index < -0.39 is 44.1 Å². The second-order valence-corrected chi connectivity index (χ2v) is 8.50. The van der Waals surface area contributed by atoms with Crippen LogP contribution in [0.1, 0.15) is 10.4 Å². The van der Waals surface area contributed by atoms with Gasteiger partial charge in [-0.25, -0.2) is 17.6 Å². The Labute approximate surface area is 181 Å². The highest BCUT2D eigenvalue weighted by Crippen LogP contribution is 2.22. The minimum atomic E-state index is -4.19. The van der Waals surface area contributed by atoms with Crippen LogP contribution >= 0.6 is 0 Å². The van der Waals surface area contributed by atoms with Gasteiger partial charge in [-0.15, -0.1) is 0 Å². The van der Waals surface area contributed by atoms with Gasteiger partial charge in [0, 0.05) is 30.9 Å². The number of benzene rings is 2. The molecule has 1 heterocycles. The van der Waals surface area contributed by atoms with E-state index in [2.05, 4.69) is 5.32 Å². The quantitative estimate of drug-likeness (QED) is 0.367. The van der Waals surface area contributed by atoms with Gasteiger partial charge >= 0.3 is 5.97 Å². The van der Waals surface area contributed by atoms with Crippen molar-refractivity contribution >= 4 is 33.3 Å². The lowest BCUT2D eigenvalue weighted by atomic mass is 10.2. The molecule has 1 N–H and O–H groups in total. The summed E-state index contributed by atoms with van der Waals surface area (Å²) in [7, 11) is -4.19. The standard InChI is InChI=1S/C19H18FN3O8S/c20-16-6-1-13(11-17(16)32(28,29)22-7-9-30-10-8-22)19(25)31-12-18(24)21-14-2-4-15(5-3-14)23(26)27/h1-6,11H,7-10,12H2,(H,21,24). The Kier molecular flexibility index (Phi) is 7.12. The molecule has 0 unspecified atom stereocenters. The summed E-state index contributed by atoms with van der Waals surface area (Å²) in [4.78, 5) is 33.6. The molecular formula is C19H18FN3O8S. The number of anilines is 1. The van der Waals surface area contributed by atoms with Crippen molar-refractivity contribution in [1.82, 2.24) is 4.31 Å². The fourth-order valence-corrected chi connectivity index (χ4v) is 4.33. The summed E-state index contributed by atoms with van der Waals surface area (Å²) in [5.74, 6) is -2.78. The van der Waals surface area contributed by atoms with Crippen molar-refractivity contribution in [1.29, 1.82) is 0 Å². The number of esters is 1. The fraction of sp³-hybridized carbons (Fsp3) is 0.263. The molecule has 3 rings (SSSR count). The van der Waals surface area contributed by atoms with E-state index in [1.807, 2.05) is 0 Å². The van der Waals surface area contributed by atoms with Gasteiger partial charge in [-0.05, 0) is 30.3 Å². The van der Waals surface area contributed by atoms with Gasteiger partial charge in [0.1, 0.15) is 10.7 Å². The van der Waals surface area contributed by atoms with E-state index in [1.165, 1.54) is 24.3 Å². The van der Waals surface area contributed by atoms with Crippen molar-refractivity contribution in [3.05, 3.63) is 64.0 Å². The average molecular weight is 467 g/mol. The number of nitro groups is 1. The Bertz CT molecular complexity index is 1130. The van der Waals surface area contributed by atoms with E-state index in [-0.39, 0.29) is 43.2 Å². The number of non-ortho nitro benzene ring substituents is 1. The maximum absolute atomic E-state index is 14.2. The molecule has 1 amide bonds. The third-order valence-corrected chi connectivity index (χ3v) is 6.36. The van der Waals surface area contributed by atoms with Crippen LogP contribution in [0.15, 0.2) is 47.4 Å². The van der Waals surface area contributed by atoms with E-state index in [9.17, 15) is 32.5 Å². The number of rotatable bonds is 7. The Morgan fingerprint density at radius 3 is 2.44 bits per heavy atom. The van der Waals surface area contributed by atoms with Crippen LogP contribution in [0.2, 0.25) is 0 Å². The van der Waals surface area contributed by atoms with E-state index in [4.69, 9.17) is 9.47 Å². The van der Waals surface area contributed by atoms with Crippen LogP contribution in [0.5, 0.6) is 0 Å². The number of nitrogens with one attached hydrogen (secondary N) is 1. The zero-order valence-corrected chi connectivity index (χ0v) is 17.3. The minimum Gasteiger partial charge on any atom is -0.452 e. The van der Waals surface area contributed by atoms with Crippen LogP contribution in [0.4, 0.5) is 15.8 Å². The molecule has 0 radical (unpaired) electrons. The van der Waals surface area contributed by atoms with Gasteiger partial charge in [0.2, 0.25) is 10.0 Å². The number of hydrogen-bond acceptors (Lipinski definition) is 8. The minimum absolute atomic E-state index is 0.0548. The van der Waals surface area contributed by atoms with Crippen LogP contribution in [0.3, 0.4) is 0 Å². The fourth-order valence-electron chi connectivity index (χ4n) is 2.83. The monoisotopic (exact) mass is 467 g/mol. The highest BCUT2D eigenvalue weighted by atomic mass is 32.2. The first-order valence-electron chi connectivity index (χ1n) is 9.27. The van der Waals surface area contributed by atoms with Gasteiger partial charge in [-0.1, -0.05) is 0 Å². The molecule has 1 aliphatic heterocycles. The van der Waals surface area contributed by atoms with Crippen molar-refractivity contribution in [2.45, 2.75) is 4.90 Å². The number of carbonyl (C=O) groups excluding carboxylic acids is 2. The molecule has 0 atom stereocenters. The maximum Gasteiger partial charge on any atom is 0.338 e. The van der Waals surface area contributed by atoms with E-state index in [1.54, 1.807) is 0 Å². The third-order valence-electron chi connectivity index (χ3n) is 4.45. The number of carbonyl (C=O) groups is 2. The second kappa shape index (κ2) is 9.80. The topological polar surface area (TPSA) is 145 Å². The van der Waals surface area contributed by atoms with Crippen LogP contribution in [-0.2, 0) is 24.3 Å². The van der Waals surface area contributed by atoms with Crippen LogP contribution in [0, 0.1) is 15.9 Å². The maximum atomic E-state index is 14.2. The summed E-state index contributed by atoms with van der Waals surface area (Å²) < 4.78 is 50.6. The number of morpholine rings is 1. The molecule has 1 saturated heterocycles. The third kappa shape index (κ3) is 5.43. The molecule has 1 fully saturated rings. The smallest absolute Gasteiger partial charge is 0.338 e. The van der Waals surface area contributed by atoms with Crippen molar-refractivity contribution in [2.75, 3.05) is 38.2 Å². The summed E-state index contributed by atoms with van der Waals surface area (Å²) in [6, 6.07) is 7.73. The first-order valence-corrected chi connectivity index (χ1v) is 10.7. The van der Waals surface area contributed by atoms with E-state index in [0.717, 1.165) is 22.5 Å². The molecule has 0 spiro atoms. The molecule has 170 valence electrons. The number of hydrogen-bond donors (Lipinski definition) is 1. The number of nitrogens with zero attached hydrogens (tertiary/aromatic N) is 2. The molecule has 32 heavy (non-hydrogen) atoms. The van der Waals surface area contributed by atoms with Crippen LogP contribution in [0.25, 0.3) is 0 Å². The molecule has 0 aliphatic carbocycles. The number of sulfonamides is 1. The number of amides is 1. The normalized spacial score (nSPS) is 14.5. The molecule has 2 aromatic rings. The molecule has 1 aliphatic rings. The van der Waals surface area contributed by atoms with Gasteiger partial charge < -0.3 is 14.8 Å². The van der Waals surface area contributed by atoms with Gasteiger partial charge in [-0.3, -0.25) is 14.9 Å². The van der Waals surface area contributed by atoms with Gasteiger partial charge in [0.05, 0.1) is 23.7 Å².